The topological polar surface area (TPSA) is 58.1 Å². The van der Waals surface area contributed by atoms with Crippen molar-refractivity contribution in [2.75, 3.05) is 18.5 Å². The minimum Gasteiger partial charge on any atom is -0.352 e. The number of likely N-dealkylation sites (N-methyl/N-ethyl adjacent to an activating group) is 1. The van der Waals surface area contributed by atoms with E-state index < -0.39 is 0 Å². The highest BCUT2D eigenvalue weighted by Crippen LogP contribution is 2.36. The van der Waals surface area contributed by atoms with Gasteiger partial charge in [-0.05, 0) is 30.7 Å². The van der Waals surface area contributed by atoms with Crippen LogP contribution < -0.4 is 10.2 Å². The smallest absolute Gasteiger partial charge is 0.239 e. The second-order valence-electron chi connectivity index (χ2n) is 6.08. The van der Waals surface area contributed by atoms with Crippen LogP contribution in [-0.2, 0) is 4.79 Å². The molecule has 0 aromatic carbocycles. The zero-order chi connectivity index (χ0) is 13.9. The van der Waals surface area contributed by atoms with E-state index in [0.29, 0.717) is 23.9 Å². The third kappa shape index (κ3) is 3.91. The Morgan fingerprint density at radius 2 is 2.16 bits per heavy atom. The third-order valence-corrected chi connectivity index (χ3v) is 3.61. The largest absolute Gasteiger partial charge is 0.352 e. The molecule has 104 valence electrons. The predicted molar refractivity (Wildman–Crippen MR) is 74.9 cm³/mol. The second-order valence-corrected chi connectivity index (χ2v) is 6.08. The molecule has 0 spiro atoms. The SMILES string of the molecule is CN(CC(=O)NC1CCC(C)(C)C1)c1ncccn1. The first-order valence-corrected chi connectivity index (χ1v) is 6.74. The lowest BCUT2D eigenvalue weighted by Crippen LogP contribution is -2.40. The van der Waals surface area contributed by atoms with Gasteiger partial charge in [-0.1, -0.05) is 13.8 Å². The lowest BCUT2D eigenvalue weighted by Gasteiger charge is -2.20. The van der Waals surface area contributed by atoms with Crippen molar-refractivity contribution in [2.24, 2.45) is 5.41 Å². The summed E-state index contributed by atoms with van der Waals surface area (Å²) < 4.78 is 0. The molecule has 1 aliphatic carbocycles. The first kappa shape index (κ1) is 13.8. The summed E-state index contributed by atoms with van der Waals surface area (Å²) >= 11 is 0. The summed E-state index contributed by atoms with van der Waals surface area (Å²) in [5, 5.41) is 3.10. The zero-order valence-corrected chi connectivity index (χ0v) is 11.9. The number of carbonyl (C=O) groups excluding carboxylic acids is 1. The number of aromatic nitrogens is 2. The van der Waals surface area contributed by atoms with Gasteiger partial charge in [0.25, 0.3) is 0 Å². The van der Waals surface area contributed by atoms with Gasteiger partial charge in [0.2, 0.25) is 11.9 Å². The van der Waals surface area contributed by atoms with Crippen molar-refractivity contribution in [1.29, 1.82) is 0 Å². The van der Waals surface area contributed by atoms with Crippen LogP contribution in [0.1, 0.15) is 33.1 Å². The molecule has 5 heteroatoms. The monoisotopic (exact) mass is 262 g/mol. The summed E-state index contributed by atoms with van der Waals surface area (Å²) in [5.41, 5.74) is 0.354. The molecule has 1 aromatic heterocycles. The summed E-state index contributed by atoms with van der Waals surface area (Å²) in [7, 11) is 1.83. The van der Waals surface area contributed by atoms with E-state index in [-0.39, 0.29) is 5.91 Å². The molecule has 0 bridgehead atoms. The first-order chi connectivity index (χ1) is 8.96. The minimum absolute atomic E-state index is 0.0395. The lowest BCUT2D eigenvalue weighted by atomic mass is 9.92. The molecule has 0 radical (unpaired) electrons. The highest BCUT2D eigenvalue weighted by molar-refractivity contribution is 5.80. The Labute approximate surface area is 114 Å². The van der Waals surface area contributed by atoms with Crippen molar-refractivity contribution < 1.29 is 4.79 Å². The second kappa shape index (κ2) is 5.55. The highest BCUT2D eigenvalue weighted by atomic mass is 16.2. The van der Waals surface area contributed by atoms with Crippen molar-refractivity contribution in [2.45, 2.75) is 39.2 Å². The van der Waals surface area contributed by atoms with E-state index in [2.05, 4.69) is 29.1 Å². The Bertz CT molecular complexity index is 432. The summed E-state index contributed by atoms with van der Waals surface area (Å²) in [6.45, 7) is 4.80. The zero-order valence-electron chi connectivity index (χ0n) is 11.9. The maximum Gasteiger partial charge on any atom is 0.239 e. The van der Waals surface area contributed by atoms with Crippen LogP contribution in [0, 0.1) is 5.41 Å². The Kier molecular flexibility index (Phi) is 4.02. The van der Waals surface area contributed by atoms with E-state index in [1.54, 1.807) is 23.4 Å². The summed E-state index contributed by atoms with van der Waals surface area (Å²) in [4.78, 5) is 22.0. The van der Waals surface area contributed by atoms with E-state index >= 15 is 0 Å². The molecule has 0 aliphatic heterocycles. The molecule has 1 N–H and O–H groups in total. The van der Waals surface area contributed by atoms with Crippen LogP contribution in [0.4, 0.5) is 5.95 Å². The first-order valence-electron chi connectivity index (χ1n) is 6.74. The summed E-state index contributed by atoms with van der Waals surface area (Å²) in [5.74, 6) is 0.613. The molecule has 1 aliphatic rings. The average molecular weight is 262 g/mol. The van der Waals surface area contributed by atoms with Gasteiger partial charge in [0.15, 0.2) is 0 Å². The van der Waals surface area contributed by atoms with Crippen LogP contribution in [0.15, 0.2) is 18.5 Å². The van der Waals surface area contributed by atoms with Crippen LogP contribution in [-0.4, -0.2) is 35.5 Å². The number of anilines is 1. The summed E-state index contributed by atoms with van der Waals surface area (Å²) in [6.07, 6.45) is 6.66. The van der Waals surface area contributed by atoms with Gasteiger partial charge >= 0.3 is 0 Å². The number of hydrogen-bond acceptors (Lipinski definition) is 4. The molecular weight excluding hydrogens is 240 g/mol. The van der Waals surface area contributed by atoms with Crippen molar-refractivity contribution in [1.82, 2.24) is 15.3 Å². The van der Waals surface area contributed by atoms with Gasteiger partial charge in [-0.15, -0.1) is 0 Å². The lowest BCUT2D eigenvalue weighted by molar-refractivity contribution is -0.120. The van der Waals surface area contributed by atoms with Crippen molar-refractivity contribution in [3.8, 4) is 0 Å². The van der Waals surface area contributed by atoms with Crippen LogP contribution in [0.3, 0.4) is 0 Å². The standard InChI is InChI=1S/C14H22N4O/c1-14(2)6-5-11(9-14)17-12(19)10-18(3)13-15-7-4-8-16-13/h4,7-8,11H,5-6,9-10H2,1-3H3,(H,17,19). The van der Waals surface area contributed by atoms with Crippen molar-refractivity contribution in [3.05, 3.63) is 18.5 Å². The maximum atomic E-state index is 12.0. The van der Waals surface area contributed by atoms with E-state index in [1.807, 2.05) is 7.05 Å². The minimum atomic E-state index is 0.0395. The number of hydrogen-bond donors (Lipinski definition) is 1. The van der Waals surface area contributed by atoms with E-state index in [4.69, 9.17) is 0 Å². The van der Waals surface area contributed by atoms with Gasteiger partial charge in [0.05, 0.1) is 6.54 Å². The highest BCUT2D eigenvalue weighted by Gasteiger charge is 2.31. The number of nitrogens with one attached hydrogen (secondary N) is 1. The van der Waals surface area contributed by atoms with Crippen LogP contribution >= 0.6 is 0 Å². The van der Waals surface area contributed by atoms with Gasteiger partial charge in [-0.3, -0.25) is 4.79 Å². The van der Waals surface area contributed by atoms with E-state index in [9.17, 15) is 4.79 Å². The molecule has 19 heavy (non-hydrogen) atoms. The number of carbonyl (C=O) groups is 1. The normalized spacial score (nSPS) is 21.1. The average Bonchev–Trinajstić information content (AvgIpc) is 2.69. The molecule has 1 fully saturated rings. The molecule has 1 aromatic rings. The Morgan fingerprint density at radius 1 is 1.47 bits per heavy atom. The third-order valence-electron chi connectivity index (χ3n) is 3.61. The predicted octanol–water partition coefficient (Wildman–Crippen LogP) is 1.61. The van der Waals surface area contributed by atoms with Crippen molar-refractivity contribution in [3.63, 3.8) is 0 Å². The molecule has 1 atom stereocenters. The molecule has 5 nitrogen and oxygen atoms in total. The van der Waals surface area contributed by atoms with Gasteiger partial charge < -0.3 is 10.2 Å². The fourth-order valence-corrected chi connectivity index (χ4v) is 2.61. The molecular formula is C14H22N4O. The molecule has 1 amide bonds. The Hall–Kier alpha value is -1.65. The fourth-order valence-electron chi connectivity index (χ4n) is 2.61. The van der Waals surface area contributed by atoms with Gasteiger partial charge in [-0.2, -0.15) is 0 Å². The van der Waals surface area contributed by atoms with Crippen molar-refractivity contribution >= 4 is 11.9 Å². The Balaban J connectivity index is 1.82. The number of amides is 1. The van der Waals surface area contributed by atoms with Crippen LogP contribution in [0.2, 0.25) is 0 Å². The Morgan fingerprint density at radius 3 is 2.74 bits per heavy atom. The van der Waals surface area contributed by atoms with E-state index in [1.165, 1.54) is 6.42 Å². The number of rotatable bonds is 4. The fraction of sp³-hybridized carbons (Fsp3) is 0.643. The van der Waals surface area contributed by atoms with Crippen LogP contribution in [0.5, 0.6) is 0 Å². The molecule has 2 rings (SSSR count). The maximum absolute atomic E-state index is 12.0. The van der Waals surface area contributed by atoms with Gasteiger partial charge in [0.1, 0.15) is 0 Å². The molecule has 1 unspecified atom stereocenters. The molecule has 1 saturated carbocycles. The summed E-state index contributed by atoms with van der Waals surface area (Å²) in [6, 6.07) is 2.07. The number of nitrogens with zero attached hydrogens (tertiary/aromatic N) is 3. The molecule has 0 saturated heterocycles. The van der Waals surface area contributed by atoms with Crippen LogP contribution in [0.25, 0.3) is 0 Å². The van der Waals surface area contributed by atoms with E-state index in [0.717, 1.165) is 12.8 Å². The van der Waals surface area contributed by atoms with Gasteiger partial charge in [-0.25, -0.2) is 9.97 Å². The van der Waals surface area contributed by atoms with Gasteiger partial charge in [0, 0.05) is 25.5 Å². The quantitative estimate of drug-likeness (QED) is 0.895. The molecule has 1 heterocycles.